The summed E-state index contributed by atoms with van der Waals surface area (Å²) >= 11 is 0. The number of hydrogen-bond donors (Lipinski definition) is 1. The molecule has 1 saturated carbocycles. The highest BCUT2D eigenvalue weighted by atomic mass is 16.2. The second-order valence-corrected chi connectivity index (χ2v) is 6.08. The molecular formula is C19H23N3O. The summed E-state index contributed by atoms with van der Waals surface area (Å²) in [6.07, 6.45) is 8.52. The number of aromatic nitrogens is 1. The average molecular weight is 309 g/mol. The Kier molecular flexibility index (Phi) is 5.03. The van der Waals surface area contributed by atoms with Crippen molar-refractivity contribution in [2.75, 3.05) is 18.4 Å². The van der Waals surface area contributed by atoms with Gasteiger partial charge >= 0.3 is 0 Å². The molecule has 1 aliphatic carbocycles. The van der Waals surface area contributed by atoms with E-state index in [1.165, 1.54) is 25.7 Å². The van der Waals surface area contributed by atoms with E-state index in [2.05, 4.69) is 21.8 Å². The number of benzene rings is 1. The van der Waals surface area contributed by atoms with Crippen LogP contribution in [0.3, 0.4) is 0 Å². The maximum atomic E-state index is 12.5. The van der Waals surface area contributed by atoms with Crippen LogP contribution < -0.4 is 5.32 Å². The van der Waals surface area contributed by atoms with Gasteiger partial charge in [0.05, 0.1) is 17.7 Å². The van der Waals surface area contributed by atoms with Crippen LogP contribution in [0.5, 0.6) is 0 Å². The molecule has 0 unspecified atom stereocenters. The lowest BCUT2D eigenvalue weighted by Crippen LogP contribution is -2.39. The van der Waals surface area contributed by atoms with Crippen LogP contribution in [-0.2, 0) is 4.79 Å². The number of nitrogens with one attached hydrogen (secondary N) is 1. The zero-order valence-corrected chi connectivity index (χ0v) is 13.4. The number of rotatable bonds is 6. The third kappa shape index (κ3) is 3.77. The highest BCUT2D eigenvalue weighted by Gasteiger charge is 2.23. The fourth-order valence-corrected chi connectivity index (χ4v) is 3.36. The maximum Gasteiger partial charge on any atom is 0.238 e. The number of carbonyl (C=O) groups excluding carboxylic acids is 1. The first-order chi connectivity index (χ1) is 11.3. The van der Waals surface area contributed by atoms with Crippen molar-refractivity contribution >= 4 is 22.5 Å². The van der Waals surface area contributed by atoms with Crippen LogP contribution in [-0.4, -0.2) is 34.9 Å². The van der Waals surface area contributed by atoms with E-state index in [1.54, 1.807) is 6.20 Å². The van der Waals surface area contributed by atoms with Crippen molar-refractivity contribution in [2.24, 2.45) is 0 Å². The van der Waals surface area contributed by atoms with E-state index in [1.807, 2.05) is 36.4 Å². The van der Waals surface area contributed by atoms with E-state index >= 15 is 0 Å². The van der Waals surface area contributed by atoms with Gasteiger partial charge in [0.15, 0.2) is 0 Å². The highest BCUT2D eigenvalue weighted by Crippen LogP contribution is 2.24. The summed E-state index contributed by atoms with van der Waals surface area (Å²) in [4.78, 5) is 19.1. The van der Waals surface area contributed by atoms with Crippen LogP contribution in [0.2, 0.25) is 0 Å². The Hall–Kier alpha value is -2.20. The van der Waals surface area contributed by atoms with Gasteiger partial charge in [-0.1, -0.05) is 25.0 Å². The summed E-state index contributed by atoms with van der Waals surface area (Å²) in [5, 5.41) is 4.01. The molecule has 0 aliphatic heterocycles. The van der Waals surface area contributed by atoms with Crippen molar-refractivity contribution in [3.63, 3.8) is 0 Å². The molecule has 4 heteroatoms. The maximum absolute atomic E-state index is 12.5. The van der Waals surface area contributed by atoms with E-state index in [-0.39, 0.29) is 5.91 Å². The smallest absolute Gasteiger partial charge is 0.238 e. The minimum Gasteiger partial charge on any atom is -0.324 e. The van der Waals surface area contributed by atoms with Crippen molar-refractivity contribution in [3.8, 4) is 0 Å². The lowest BCUT2D eigenvalue weighted by molar-refractivity contribution is -0.117. The van der Waals surface area contributed by atoms with E-state index in [9.17, 15) is 4.79 Å². The SMILES string of the molecule is C=CCN(CC(=O)Nc1cccc2ncccc12)C1CCCC1. The standard InChI is InChI=1S/C19H23N3O/c1-2-13-22(15-7-3-4-8-15)14-19(23)21-18-11-5-10-17-16(18)9-6-12-20-17/h2,5-6,9-12,15H,1,3-4,7-8,13-14H2,(H,21,23). The lowest BCUT2D eigenvalue weighted by Gasteiger charge is -2.26. The van der Waals surface area contributed by atoms with Gasteiger partial charge in [0.25, 0.3) is 0 Å². The van der Waals surface area contributed by atoms with Crippen molar-refractivity contribution in [3.05, 3.63) is 49.2 Å². The van der Waals surface area contributed by atoms with E-state index in [4.69, 9.17) is 0 Å². The number of fused-ring (bicyclic) bond motifs is 1. The van der Waals surface area contributed by atoms with Crippen molar-refractivity contribution in [1.82, 2.24) is 9.88 Å². The fourth-order valence-electron chi connectivity index (χ4n) is 3.36. The normalized spacial score (nSPS) is 15.2. The Balaban J connectivity index is 1.71. The Morgan fingerprint density at radius 1 is 1.30 bits per heavy atom. The molecule has 0 bridgehead atoms. The van der Waals surface area contributed by atoms with Gasteiger partial charge in [0.1, 0.15) is 0 Å². The molecule has 0 radical (unpaired) electrons. The van der Waals surface area contributed by atoms with E-state index in [0.29, 0.717) is 12.6 Å². The van der Waals surface area contributed by atoms with Crippen LogP contribution in [0, 0.1) is 0 Å². The minimum atomic E-state index is 0.0232. The van der Waals surface area contributed by atoms with E-state index < -0.39 is 0 Å². The molecule has 1 heterocycles. The van der Waals surface area contributed by atoms with Gasteiger partial charge in [-0.25, -0.2) is 0 Å². The zero-order chi connectivity index (χ0) is 16.1. The Morgan fingerprint density at radius 2 is 2.13 bits per heavy atom. The summed E-state index contributed by atoms with van der Waals surface area (Å²) in [5.41, 5.74) is 1.72. The molecule has 2 aromatic rings. The summed E-state index contributed by atoms with van der Waals surface area (Å²) in [7, 11) is 0. The third-order valence-electron chi connectivity index (χ3n) is 4.47. The van der Waals surface area contributed by atoms with Crippen molar-refractivity contribution in [2.45, 2.75) is 31.7 Å². The topological polar surface area (TPSA) is 45.2 Å². The first-order valence-electron chi connectivity index (χ1n) is 8.26. The molecule has 23 heavy (non-hydrogen) atoms. The molecule has 3 rings (SSSR count). The number of anilines is 1. The molecule has 1 aromatic heterocycles. The fraction of sp³-hybridized carbons (Fsp3) is 0.368. The minimum absolute atomic E-state index is 0.0232. The summed E-state index contributed by atoms with van der Waals surface area (Å²) in [5.74, 6) is 0.0232. The molecule has 1 N–H and O–H groups in total. The zero-order valence-electron chi connectivity index (χ0n) is 13.4. The van der Waals surface area contributed by atoms with Crippen LogP contribution in [0.15, 0.2) is 49.2 Å². The predicted molar refractivity (Wildman–Crippen MR) is 94.4 cm³/mol. The molecule has 1 fully saturated rings. The quantitative estimate of drug-likeness (QED) is 0.829. The highest BCUT2D eigenvalue weighted by molar-refractivity contribution is 6.01. The van der Waals surface area contributed by atoms with Crippen molar-refractivity contribution < 1.29 is 4.79 Å². The van der Waals surface area contributed by atoms with Gasteiger partial charge in [0, 0.05) is 24.2 Å². The second-order valence-electron chi connectivity index (χ2n) is 6.08. The average Bonchev–Trinajstić information content (AvgIpc) is 3.09. The number of pyridine rings is 1. The molecule has 0 saturated heterocycles. The molecule has 1 amide bonds. The van der Waals surface area contributed by atoms with Gasteiger partial charge in [-0.3, -0.25) is 14.7 Å². The van der Waals surface area contributed by atoms with Crippen LogP contribution >= 0.6 is 0 Å². The van der Waals surface area contributed by atoms with Gasteiger partial charge in [0.2, 0.25) is 5.91 Å². The molecule has 0 spiro atoms. The van der Waals surface area contributed by atoms with Gasteiger partial charge in [-0.2, -0.15) is 0 Å². The lowest BCUT2D eigenvalue weighted by atomic mass is 10.1. The predicted octanol–water partition coefficient (Wildman–Crippen LogP) is 3.60. The molecule has 120 valence electrons. The Bertz CT molecular complexity index is 687. The van der Waals surface area contributed by atoms with Gasteiger partial charge in [-0.05, 0) is 37.1 Å². The Labute approximate surface area is 137 Å². The van der Waals surface area contributed by atoms with Crippen molar-refractivity contribution in [1.29, 1.82) is 0 Å². The molecule has 4 nitrogen and oxygen atoms in total. The molecular weight excluding hydrogens is 286 g/mol. The van der Waals surface area contributed by atoms with Crippen LogP contribution in [0.4, 0.5) is 5.69 Å². The summed E-state index contributed by atoms with van der Waals surface area (Å²) in [6, 6.07) is 10.2. The van der Waals surface area contributed by atoms with Gasteiger partial charge in [-0.15, -0.1) is 6.58 Å². The number of nitrogens with zero attached hydrogens (tertiary/aromatic N) is 2. The molecule has 1 aliphatic rings. The molecule has 1 aromatic carbocycles. The largest absolute Gasteiger partial charge is 0.324 e. The first kappa shape index (κ1) is 15.7. The van der Waals surface area contributed by atoms with Crippen LogP contribution in [0.25, 0.3) is 10.9 Å². The van der Waals surface area contributed by atoms with E-state index in [0.717, 1.165) is 23.1 Å². The molecule has 0 atom stereocenters. The van der Waals surface area contributed by atoms with Crippen LogP contribution in [0.1, 0.15) is 25.7 Å². The number of amides is 1. The second kappa shape index (κ2) is 7.38. The summed E-state index contributed by atoms with van der Waals surface area (Å²) < 4.78 is 0. The first-order valence-corrected chi connectivity index (χ1v) is 8.26. The number of carbonyl (C=O) groups is 1. The monoisotopic (exact) mass is 309 g/mol. The Morgan fingerprint density at radius 3 is 2.91 bits per heavy atom. The number of hydrogen-bond acceptors (Lipinski definition) is 3. The third-order valence-corrected chi connectivity index (χ3v) is 4.47. The summed E-state index contributed by atoms with van der Waals surface area (Å²) in [6.45, 7) is 4.99. The van der Waals surface area contributed by atoms with Gasteiger partial charge < -0.3 is 5.32 Å².